The van der Waals surface area contributed by atoms with Gasteiger partial charge in [-0.25, -0.2) is 4.98 Å². The highest BCUT2D eigenvalue weighted by molar-refractivity contribution is 6.32. The van der Waals surface area contributed by atoms with Crippen LogP contribution in [0.15, 0.2) is 42.6 Å². The number of ether oxygens (including phenoxy) is 2. The molecular formula is C34H49ClN6O4. The topological polar surface area (TPSA) is 118 Å². The van der Waals surface area contributed by atoms with Gasteiger partial charge >= 0.3 is 0 Å². The second kappa shape index (κ2) is 19.6. The van der Waals surface area contributed by atoms with Gasteiger partial charge in [-0.2, -0.15) is 4.98 Å². The molecule has 45 heavy (non-hydrogen) atoms. The first-order chi connectivity index (χ1) is 21.6. The largest absolute Gasteiger partial charge is 0.489 e. The van der Waals surface area contributed by atoms with Crippen molar-refractivity contribution in [2.45, 2.75) is 67.0 Å². The lowest BCUT2D eigenvalue weighted by Crippen LogP contribution is -2.36. The van der Waals surface area contributed by atoms with Crippen LogP contribution in [0.5, 0.6) is 5.75 Å². The number of aromatic nitrogens is 2. The molecule has 2 aromatic carbocycles. The van der Waals surface area contributed by atoms with Crippen molar-refractivity contribution in [2.75, 3.05) is 44.0 Å². The van der Waals surface area contributed by atoms with E-state index >= 15 is 0 Å². The van der Waals surface area contributed by atoms with Crippen molar-refractivity contribution in [3.05, 3.63) is 64.3 Å². The monoisotopic (exact) mass is 640 g/mol. The molecule has 1 aliphatic heterocycles. The Morgan fingerprint density at radius 3 is 2.36 bits per heavy atom. The third-order valence-electron chi connectivity index (χ3n) is 6.79. The molecule has 0 radical (unpaired) electrons. The number of nitrogens with one attached hydrogen (secondary N) is 3. The van der Waals surface area contributed by atoms with Crippen molar-refractivity contribution in [2.24, 2.45) is 5.92 Å². The van der Waals surface area contributed by atoms with Crippen LogP contribution in [-0.4, -0.2) is 67.0 Å². The summed E-state index contributed by atoms with van der Waals surface area (Å²) in [7, 11) is 1.62. The van der Waals surface area contributed by atoms with Crippen molar-refractivity contribution in [1.29, 1.82) is 0 Å². The summed E-state index contributed by atoms with van der Waals surface area (Å²) in [5, 5.41) is 9.65. The molecule has 3 aromatic rings. The first-order valence-electron chi connectivity index (χ1n) is 15.4. The van der Waals surface area contributed by atoms with Gasteiger partial charge in [0.1, 0.15) is 17.6 Å². The molecule has 1 aromatic heterocycles. The first-order valence-corrected chi connectivity index (χ1v) is 15.8. The Morgan fingerprint density at radius 2 is 1.78 bits per heavy atom. The minimum absolute atomic E-state index is 0.0768. The summed E-state index contributed by atoms with van der Waals surface area (Å²) in [6, 6.07) is 11.6. The van der Waals surface area contributed by atoms with Crippen LogP contribution in [0.25, 0.3) is 0 Å². The van der Waals surface area contributed by atoms with Crippen LogP contribution in [0, 0.1) is 12.8 Å². The van der Waals surface area contributed by atoms with Crippen LogP contribution in [0.1, 0.15) is 68.9 Å². The molecule has 0 unspecified atom stereocenters. The molecule has 1 saturated heterocycles. The Kier molecular flexibility index (Phi) is 16.3. The molecule has 2 heterocycles. The third-order valence-corrected chi connectivity index (χ3v) is 7.07. The summed E-state index contributed by atoms with van der Waals surface area (Å²) < 4.78 is 11.6. The maximum atomic E-state index is 12.9. The minimum Gasteiger partial charge on any atom is -0.489 e. The predicted octanol–water partition coefficient (Wildman–Crippen LogP) is 7.16. The summed E-state index contributed by atoms with van der Waals surface area (Å²) in [4.78, 5) is 32.1. The third kappa shape index (κ3) is 12.3. The average molecular weight is 641 g/mol. The Balaban J connectivity index is 0.000000790. The SMILES string of the molecule is C=O.CCCC(C)C.CNC(=O)c1cc(Nc2ncc(Cl)c(Nc3ccccc3C)n2)c(OC(C)C)cc1CN1CCOCC1. The van der Waals surface area contributed by atoms with E-state index in [-0.39, 0.29) is 12.0 Å². The normalized spacial score (nSPS) is 12.8. The summed E-state index contributed by atoms with van der Waals surface area (Å²) in [5.74, 6) is 2.11. The van der Waals surface area contributed by atoms with Gasteiger partial charge in [0.25, 0.3) is 5.91 Å². The highest BCUT2D eigenvalue weighted by atomic mass is 35.5. The van der Waals surface area contributed by atoms with E-state index < -0.39 is 0 Å². The van der Waals surface area contributed by atoms with Gasteiger partial charge in [0.05, 0.1) is 31.2 Å². The molecule has 0 spiro atoms. The first kappa shape index (κ1) is 37.5. The van der Waals surface area contributed by atoms with Gasteiger partial charge in [-0.1, -0.05) is 63.4 Å². The van der Waals surface area contributed by atoms with Gasteiger partial charge in [0, 0.05) is 37.9 Å². The molecule has 4 rings (SSSR count). The number of rotatable bonds is 11. The van der Waals surface area contributed by atoms with Crippen LogP contribution >= 0.6 is 11.6 Å². The number of hydrogen-bond acceptors (Lipinski definition) is 9. The molecule has 0 saturated carbocycles. The molecule has 10 nitrogen and oxygen atoms in total. The number of carbonyl (C=O) groups is 2. The molecule has 0 atom stereocenters. The fourth-order valence-electron chi connectivity index (χ4n) is 4.60. The number of anilines is 4. The van der Waals surface area contributed by atoms with Gasteiger partial charge < -0.3 is 30.2 Å². The summed E-state index contributed by atoms with van der Waals surface area (Å²) >= 11 is 6.39. The lowest BCUT2D eigenvalue weighted by atomic mass is 10.0. The van der Waals surface area contributed by atoms with Gasteiger partial charge in [0.15, 0.2) is 5.82 Å². The molecule has 1 fully saturated rings. The smallest absolute Gasteiger partial charge is 0.251 e. The number of benzene rings is 2. The van der Waals surface area contributed by atoms with Crippen LogP contribution < -0.4 is 20.7 Å². The van der Waals surface area contributed by atoms with E-state index in [1.165, 1.54) is 19.0 Å². The van der Waals surface area contributed by atoms with Crippen molar-refractivity contribution < 1.29 is 19.1 Å². The maximum absolute atomic E-state index is 12.9. The molecule has 11 heteroatoms. The summed E-state index contributed by atoms with van der Waals surface area (Å²) in [6.07, 6.45) is 4.16. The summed E-state index contributed by atoms with van der Waals surface area (Å²) in [6.45, 7) is 18.2. The zero-order valence-corrected chi connectivity index (χ0v) is 28.5. The Bertz CT molecular complexity index is 1350. The fourth-order valence-corrected chi connectivity index (χ4v) is 4.74. The Morgan fingerprint density at radius 1 is 1.09 bits per heavy atom. The fraction of sp³-hybridized carbons (Fsp3) is 0.471. The number of halogens is 1. The predicted molar refractivity (Wildman–Crippen MR) is 183 cm³/mol. The van der Waals surface area contributed by atoms with E-state index in [1.54, 1.807) is 13.1 Å². The Hall–Kier alpha value is -3.73. The van der Waals surface area contributed by atoms with E-state index in [0.717, 1.165) is 35.8 Å². The molecular weight excluding hydrogens is 592 g/mol. The van der Waals surface area contributed by atoms with Crippen LogP contribution in [-0.2, 0) is 16.1 Å². The molecule has 1 amide bonds. The van der Waals surface area contributed by atoms with E-state index in [0.29, 0.717) is 53.5 Å². The van der Waals surface area contributed by atoms with E-state index in [9.17, 15) is 4.79 Å². The number of aryl methyl sites for hydroxylation is 1. The molecule has 246 valence electrons. The lowest BCUT2D eigenvalue weighted by molar-refractivity contribution is -0.0980. The zero-order chi connectivity index (χ0) is 33.4. The number of carbonyl (C=O) groups excluding carboxylic acids is 2. The molecule has 1 aliphatic rings. The van der Waals surface area contributed by atoms with Gasteiger partial charge in [-0.15, -0.1) is 0 Å². The van der Waals surface area contributed by atoms with Gasteiger partial charge in [-0.3, -0.25) is 9.69 Å². The van der Waals surface area contributed by atoms with E-state index in [2.05, 4.69) is 51.6 Å². The average Bonchev–Trinajstić information content (AvgIpc) is 3.02. The Labute approximate surface area is 273 Å². The van der Waals surface area contributed by atoms with Gasteiger partial charge in [-0.05, 0) is 56.0 Å². The van der Waals surface area contributed by atoms with Crippen LogP contribution in [0.4, 0.5) is 23.1 Å². The van der Waals surface area contributed by atoms with Crippen LogP contribution in [0.2, 0.25) is 5.02 Å². The number of nitrogens with zero attached hydrogens (tertiary/aromatic N) is 3. The summed E-state index contributed by atoms with van der Waals surface area (Å²) in [5.41, 5.74) is 3.97. The number of morpholine rings is 1. The second-order valence-electron chi connectivity index (χ2n) is 11.3. The molecule has 3 N–H and O–H groups in total. The van der Waals surface area contributed by atoms with Crippen molar-refractivity contribution >= 4 is 47.4 Å². The van der Waals surface area contributed by atoms with Crippen molar-refractivity contribution in [3.63, 3.8) is 0 Å². The highest BCUT2D eigenvalue weighted by Crippen LogP contribution is 2.34. The lowest BCUT2D eigenvalue weighted by Gasteiger charge is -2.28. The number of hydrogen-bond donors (Lipinski definition) is 3. The van der Waals surface area contributed by atoms with Gasteiger partial charge in [0.2, 0.25) is 5.95 Å². The quantitative estimate of drug-likeness (QED) is 0.201. The van der Waals surface area contributed by atoms with E-state index in [4.69, 9.17) is 25.9 Å². The number of amides is 1. The molecule has 0 aliphatic carbocycles. The second-order valence-corrected chi connectivity index (χ2v) is 11.7. The number of para-hydroxylation sites is 1. The van der Waals surface area contributed by atoms with Crippen molar-refractivity contribution in [3.8, 4) is 5.75 Å². The van der Waals surface area contributed by atoms with Crippen LogP contribution in [0.3, 0.4) is 0 Å². The van der Waals surface area contributed by atoms with Crippen molar-refractivity contribution in [1.82, 2.24) is 20.2 Å². The minimum atomic E-state index is -0.179. The van der Waals surface area contributed by atoms with E-state index in [1.807, 2.05) is 57.9 Å². The highest BCUT2D eigenvalue weighted by Gasteiger charge is 2.21. The standard InChI is InChI=1S/C27H33ClN6O3.C6H14.CH2O/c1-17(2)37-24-13-19(16-34-9-11-36-12-10-34)20(26(35)29-4)14-23(24)32-27-30-15-21(28)25(33-27)31-22-8-6-5-7-18(22)3;1-4-5-6(2)3;1-2/h5-8,13-15,17H,9-12,16H2,1-4H3,(H,29,35)(H2,30,31,32,33);6H,4-5H2,1-3H3;1H2. The zero-order valence-electron chi connectivity index (χ0n) is 27.7. The maximum Gasteiger partial charge on any atom is 0.251 e. The molecule has 0 bridgehead atoms.